The predicted molar refractivity (Wildman–Crippen MR) is 90.1 cm³/mol. The van der Waals surface area contributed by atoms with Gasteiger partial charge in [0.05, 0.1) is 13.2 Å². The van der Waals surface area contributed by atoms with Crippen molar-refractivity contribution in [1.29, 1.82) is 0 Å². The third-order valence-corrected chi connectivity index (χ3v) is 4.21. The summed E-state index contributed by atoms with van der Waals surface area (Å²) in [4.78, 5) is 0. The van der Waals surface area contributed by atoms with Crippen LogP contribution in [0.1, 0.15) is 33.4 Å². The monoisotopic (exact) mass is 282 g/mol. The molecule has 0 bridgehead atoms. The molecular weight excluding hydrogens is 256 g/mol. The Balaban J connectivity index is 1.72. The zero-order chi connectivity index (χ0) is 15.2. The number of hydrogen-bond donors (Lipinski definition) is 0. The van der Waals surface area contributed by atoms with E-state index in [0.717, 1.165) is 26.1 Å². The summed E-state index contributed by atoms with van der Waals surface area (Å²) in [6.07, 6.45) is 1.99. The summed E-state index contributed by atoms with van der Waals surface area (Å²) >= 11 is 0. The van der Waals surface area contributed by atoms with E-state index in [2.05, 4.69) is 64.1 Å². The van der Waals surface area contributed by atoms with Crippen molar-refractivity contribution in [3.63, 3.8) is 0 Å². The Kier molecular flexibility index (Phi) is 5.58. The normalized spacial score (nSPS) is 10.9. The van der Waals surface area contributed by atoms with Crippen LogP contribution >= 0.6 is 0 Å². The molecule has 2 aromatic rings. The van der Waals surface area contributed by atoms with Gasteiger partial charge in [0.25, 0.3) is 0 Å². The van der Waals surface area contributed by atoms with Gasteiger partial charge in [-0.2, -0.15) is 0 Å². The van der Waals surface area contributed by atoms with E-state index in [4.69, 9.17) is 4.74 Å². The maximum absolute atomic E-state index is 5.78. The fourth-order valence-electron chi connectivity index (χ4n) is 2.40. The summed E-state index contributed by atoms with van der Waals surface area (Å²) in [5, 5.41) is 0. The zero-order valence-electron chi connectivity index (χ0n) is 13.7. The van der Waals surface area contributed by atoms with Crippen LogP contribution in [0.15, 0.2) is 36.4 Å². The second-order valence-corrected chi connectivity index (χ2v) is 5.95. The van der Waals surface area contributed by atoms with E-state index in [1.807, 2.05) is 0 Å². The van der Waals surface area contributed by atoms with Crippen LogP contribution in [0, 0.1) is 27.7 Å². The summed E-state index contributed by atoms with van der Waals surface area (Å²) in [5.74, 6) is 0. The number of ether oxygens (including phenoxy) is 1. The molecule has 21 heavy (non-hydrogen) atoms. The highest BCUT2D eigenvalue weighted by atomic mass is 16.5. The Morgan fingerprint density at radius 1 is 0.619 bits per heavy atom. The standard InChI is InChI=1S/C20H26O/c1-15-5-7-19(13-17(15)3)9-11-21-12-10-20-8-6-16(2)18(4)14-20/h5-8,13-14H,9-12H2,1-4H3. The third-order valence-electron chi connectivity index (χ3n) is 4.21. The molecule has 2 aromatic carbocycles. The molecule has 1 heteroatoms. The van der Waals surface area contributed by atoms with Crippen molar-refractivity contribution in [2.24, 2.45) is 0 Å². The molecule has 1 nitrogen and oxygen atoms in total. The van der Waals surface area contributed by atoms with Gasteiger partial charge in [-0.25, -0.2) is 0 Å². The molecule has 0 aliphatic heterocycles. The highest BCUT2D eigenvalue weighted by Gasteiger charge is 1.99. The molecular formula is C20H26O. The van der Waals surface area contributed by atoms with Gasteiger partial charge in [0.15, 0.2) is 0 Å². The highest BCUT2D eigenvalue weighted by Crippen LogP contribution is 2.12. The molecule has 0 saturated carbocycles. The first-order chi connectivity index (χ1) is 10.1. The largest absolute Gasteiger partial charge is 0.381 e. The van der Waals surface area contributed by atoms with Gasteiger partial charge in [-0.1, -0.05) is 36.4 Å². The van der Waals surface area contributed by atoms with Gasteiger partial charge in [0.2, 0.25) is 0 Å². The third kappa shape index (κ3) is 4.71. The smallest absolute Gasteiger partial charge is 0.0506 e. The number of rotatable bonds is 6. The maximum Gasteiger partial charge on any atom is 0.0506 e. The van der Waals surface area contributed by atoms with Gasteiger partial charge in [0, 0.05) is 0 Å². The van der Waals surface area contributed by atoms with Gasteiger partial charge in [-0.15, -0.1) is 0 Å². The fraction of sp³-hybridized carbons (Fsp3) is 0.400. The van der Waals surface area contributed by atoms with Gasteiger partial charge in [-0.05, 0) is 73.9 Å². The lowest BCUT2D eigenvalue weighted by molar-refractivity contribution is 0.140. The van der Waals surface area contributed by atoms with E-state index in [9.17, 15) is 0 Å². The average Bonchev–Trinajstić information content (AvgIpc) is 2.46. The minimum Gasteiger partial charge on any atom is -0.381 e. The molecule has 0 amide bonds. The van der Waals surface area contributed by atoms with E-state index in [0.29, 0.717) is 0 Å². The highest BCUT2D eigenvalue weighted by molar-refractivity contribution is 5.30. The van der Waals surface area contributed by atoms with E-state index in [1.165, 1.54) is 33.4 Å². The molecule has 0 N–H and O–H groups in total. The van der Waals surface area contributed by atoms with E-state index < -0.39 is 0 Å². The second kappa shape index (κ2) is 7.42. The summed E-state index contributed by atoms with van der Waals surface area (Å²) < 4.78 is 5.78. The summed E-state index contributed by atoms with van der Waals surface area (Å²) in [5.41, 5.74) is 8.17. The number of benzene rings is 2. The van der Waals surface area contributed by atoms with Crippen molar-refractivity contribution in [2.45, 2.75) is 40.5 Å². The molecule has 0 saturated heterocycles. The molecule has 112 valence electrons. The van der Waals surface area contributed by atoms with Gasteiger partial charge < -0.3 is 4.74 Å². The zero-order valence-corrected chi connectivity index (χ0v) is 13.7. The maximum atomic E-state index is 5.78. The van der Waals surface area contributed by atoms with Crippen molar-refractivity contribution < 1.29 is 4.74 Å². The van der Waals surface area contributed by atoms with Crippen molar-refractivity contribution in [1.82, 2.24) is 0 Å². The molecule has 0 radical (unpaired) electrons. The minimum atomic E-state index is 0.799. The Hall–Kier alpha value is -1.60. The van der Waals surface area contributed by atoms with E-state index in [-0.39, 0.29) is 0 Å². The second-order valence-electron chi connectivity index (χ2n) is 5.95. The van der Waals surface area contributed by atoms with Crippen LogP contribution in [-0.4, -0.2) is 13.2 Å². The molecule has 0 unspecified atom stereocenters. The van der Waals surface area contributed by atoms with Gasteiger partial charge in [-0.3, -0.25) is 0 Å². The van der Waals surface area contributed by atoms with Crippen molar-refractivity contribution in [3.05, 3.63) is 69.8 Å². The van der Waals surface area contributed by atoms with E-state index >= 15 is 0 Å². The average molecular weight is 282 g/mol. The predicted octanol–water partition coefficient (Wildman–Crippen LogP) is 4.72. The van der Waals surface area contributed by atoms with Crippen LogP contribution in [0.3, 0.4) is 0 Å². The number of hydrogen-bond acceptors (Lipinski definition) is 1. The molecule has 0 aliphatic rings. The van der Waals surface area contributed by atoms with Crippen LogP contribution in [0.25, 0.3) is 0 Å². The van der Waals surface area contributed by atoms with Crippen LogP contribution in [0.4, 0.5) is 0 Å². The van der Waals surface area contributed by atoms with Crippen molar-refractivity contribution in [3.8, 4) is 0 Å². The first kappa shape index (κ1) is 15.8. The molecule has 0 atom stereocenters. The Labute approximate surface area is 129 Å². The van der Waals surface area contributed by atoms with Gasteiger partial charge >= 0.3 is 0 Å². The molecule has 0 aliphatic carbocycles. The van der Waals surface area contributed by atoms with Crippen molar-refractivity contribution >= 4 is 0 Å². The Bertz CT molecular complexity index is 545. The summed E-state index contributed by atoms with van der Waals surface area (Å²) in [7, 11) is 0. The molecule has 0 fully saturated rings. The lowest BCUT2D eigenvalue weighted by Gasteiger charge is -2.08. The molecule has 0 aromatic heterocycles. The van der Waals surface area contributed by atoms with Crippen LogP contribution in [-0.2, 0) is 17.6 Å². The Morgan fingerprint density at radius 2 is 1.05 bits per heavy atom. The quantitative estimate of drug-likeness (QED) is 0.696. The van der Waals surface area contributed by atoms with E-state index in [1.54, 1.807) is 0 Å². The summed E-state index contributed by atoms with van der Waals surface area (Å²) in [6.45, 7) is 10.2. The van der Waals surface area contributed by atoms with Crippen molar-refractivity contribution in [2.75, 3.05) is 13.2 Å². The van der Waals surface area contributed by atoms with Crippen LogP contribution < -0.4 is 0 Å². The molecule has 0 heterocycles. The SMILES string of the molecule is Cc1ccc(CCOCCc2ccc(C)c(C)c2)cc1C. The first-order valence-corrected chi connectivity index (χ1v) is 7.76. The number of aryl methyl sites for hydroxylation is 4. The fourth-order valence-corrected chi connectivity index (χ4v) is 2.40. The first-order valence-electron chi connectivity index (χ1n) is 7.76. The molecule has 2 rings (SSSR count). The molecule has 0 spiro atoms. The van der Waals surface area contributed by atoms with Crippen LogP contribution in [0.5, 0.6) is 0 Å². The van der Waals surface area contributed by atoms with Gasteiger partial charge in [0.1, 0.15) is 0 Å². The lowest BCUT2D eigenvalue weighted by Crippen LogP contribution is -2.03. The lowest BCUT2D eigenvalue weighted by atomic mass is 10.0. The minimum absolute atomic E-state index is 0.799. The topological polar surface area (TPSA) is 9.23 Å². The Morgan fingerprint density at radius 3 is 1.43 bits per heavy atom. The summed E-state index contributed by atoms with van der Waals surface area (Å²) in [6, 6.07) is 13.3. The van der Waals surface area contributed by atoms with Crippen LogP contribution in [0.2, 0.25) is 0 Å².